The second kappa shape index (κ2) is 5.03. The normalized spacial score (nSPS) is 13.9. The van der Waals surface area contributed by atoms with Crippen LogP contribution in [0.3, 0.4) is 0 Å². The van der Waals surface area contributed by atoms with E-state index in [-0.39, 0.29) is 6.61 Å². The molecule has 0 rings (SSSR count). The highest BCUT2D eigenvalue weighted by molar-refractivity contribution is 4.53. The molecule has 3 heteroatoms. The molecule has 0 aromatic carbocycles. The summed E-state index contributed by atoms with van der Waals surface area (Å²) < 4.78 is 0. The van der Waals surface area contributed by atoms with Crippen molar-refractivity contribution in [3.05, 3.63) is 0 Å². The maximum absolute atomic E-state index is 8.81. The molecule has 0 aromatic rings. The second-order valence-corrected chi connectivity index (χ2v) is 1.74. The average molecular weight is 119 g/mol. The van der Waals surface area contributed by atoms with Crippen molar-refractivity contribution in [1.29, 1.82) is 0 Å². The zero-order valence-electron chi connectivity index (χ0n) is 4.88. The number of aliphatic hydroxyl groups is 2. The zero-order chi connectivity index (χ0) is 6.41. The first-order valence-electron chi connectivity index (χ1n) is 2.80. The van der Waals surface area contributed by atoms with Crippen molar-refractivity contribution in [1.82, 2.24) is 0 Å². The van der Waals surface area contributed by atoms with E-state index in [1.165, 1.54) is 0 Å². The van der Waals surface area contributed by atoms with Gasteiger partial charge in [-0.25, -0.2) is 0 Å². The molecule has 8 heavy (non-hydrogen) atoms. The van der Waals surface area contributed by atoms with Crippen LogP contribution in [-0.4, -0.2) is 29.5 Å². The molecule has 4 N–H and O–H groups in total. The van der Waals surface area contributed by atoms with E-state index in [1.54, 1.807) is 0 Å². The van der Waals surface area contributed by atoms with E-state index < -0.39 is 6.10 Å². The van der Waals surface area contributed by atoms with Gasteiger partial charge in [-0.3, -0.25) is 0 Å². The van der Waals surface area contributed by atoms with Crippen LogP contribution in [0.25, 0.3) is 0 Å². The molecule has 0 amide bonds. The fourth-order valence-corrected chi connectivity index (χ4v) is 0.486. The lowest BCUT2D eigenvalue weighted by atomic mass is 10.2. The summed E-state index contributed by atoms with van der Waals surface area (Å²) in [6.45, 7) is 0.530. The van der Waals surface area contributed by atoms with E-state index in [0.29, 0.717) is 19.4 Å². The summed E-state index contributed by atoms with van der Waals surface area (Å²) in [5.74, 6) is 0. The first-order valence-corrected chi connectivity index (χ1v) is 2.80. The van der Waals surface area contributed by atoms with Crippen LogP contribution in [0.1, 0.15) is 12.8 Å². The van der Waals surface area contributed by atoms with E-state index in [1.807, 2.05) is 0 Å². The Kier molecular flexibility index (Phi) is 4.95. The molecule has 0 aliphatic heterocycles. The van der Waals surface area contributed by atoms with Crippen molar-refractivity contribution < 1.29 is 10.2 Å². The third kappa shape index (κ3) is 4.05. The van der Waals surface area contributed by atoms with Gasteiger partial charge in [0.15, 0.2) is 0 Å². The minimum atomic E-state index is -0.412. The Morgan fingerprint density at radius 2 is 2.00 bits per heavy atom. The minimum absolute atomic E-state index is 0.0428. The second-order valence-electron chi connectivity index (χ2n) is 1.74. The standard InChI is InChI=1S/C5H13NO2/c6-3-1-5(8)2-4-7/h5,7-8H,1-4,6H2. The van der Waals surface area contributed by atoms with Gasteiger partial charge in [0.2, 0.25) is 0 Å². The van der Waals surface area contributed by atoms with Gasteiger partial charge in [0.1, 0.15) is 0 Å². The molecule has 0 saturated heterocycles. The maximum atomic E-state index is 8.81. The molecule has 1 unspecified atom stereocenters. The highest BCUT2D eigenvalue weighted by Gasteiger charge is 1.98. The van der Waals surface area contributed by atoms with Crippen molar-refractivity contribution >= 4 is 0 Å². The van der Waals surface area contributed by atoms with Crippen molar-refractivity contribution in [2.24, 2.45) is 5.73 Å². The lowest BCUT2D eigenvalue weighted by molar-refractivity contribution is 0.127. The van der Waals surface area contributed by atoms with Crippen molar-refractivity contribution in [2.75, 3.05) is 13.2 Å². The van der Waals surface area contributed by atoms with E-state index in [0.717, 1.165) is 0 Å². The summed E-state index contributed by atoms with van der Waals surface area (Å²) in [6.07, 6.45) is 0.614. The van der Waals surface area contributed by atoms with Crippen molar-refractivity contribution in [3.8, 4) is 0 Å². The number of aliphatic hydroxyl groups excluding tert-OH is 2. The van der Waals surface area contributed by atoms with Crippen LogP contribution in [0.5, 0.6) is 0 Å². The van der Waals surface area contributed by atoms with Crippen LogP contribution in [-0.2, 0) is 0 Å². The largest absolute Gasteiger partial charge is 0.396 e. The lowest BCUT2D eigenvalue weighted by Crippen LogP contribution is -2.14. The predicted molar refractivity (Wildman–Crippen MR) is 31.4 cm³/mol. The monoisotopic (exact) mass is 119 g/mol. The first kappa shape index (κ1) is 7.88. The molecular formula is C5H13NO2. The number of rotatable bonds is 4. The summed E-state index contributed by atoms with van der Waals surface area (Å²) in [7, 11) is 0. The maximum Gasteiger partial charge on any atom is 0.0574 e. The lowest BCUT2D eigenvalue weighted by Gasteiger charge is -2.04. The van der Waals surface area contributed by atoms with Crippen LogP contribution in [0.15, 0.2) is 0 Å². The number of hydrogen-bond acceptors (Lipinski definition) is 3. The fraction of sp³-hybridized carbons (Fsp3) is 1.00. The van der Waals surface area contributed by atoms with Gasteiger partial charge < -0.3 is 15.9 Å². The summed E-state index contributed by atoms with van der Waals surface area (Å²) in [5, 5.41) is 17.1. The van der Waals surface area contributed by atoms with Gasteiger partial charge in [-0.1, -0.05) is 0 Å². The molecular weight excluding hydrogens is 106 g/mol. The average Bonchev–Trinajstić information content (AvgIpc) is 1.68. The molecule has 1 atom stereocenters. The third-order valence-corrected chi connectivity index (χ3v) is 0.962. The van der Waals surface area contributed by atoms with E-state index in [2.05, 4.69) is 0 Å². The van der Waals surface area contributed by atoms with Crippen molar-refractivity contribution in [3.63, 3.8) is 0 Å². The molecule has 0 spiro atoms. The zero-order valence-corrected chi connectivity index (χ0v) is 4.88. The highest BCUT2D eigenvalue weighted by atomic mass is 16.3. The van der Waals surface area contributed by atoms with Crippen molar-refractivity contribution in [2.45, 2.75) is 18.9 Å². The van der Waals surface area contributed by atoms with E-state index in [9.17, 15) is 0 Å². The SMILES string of the molecule is NCCC(O)CCO. The number of nitrogens with two attached hydrogens (primary N) is 1. The Morgan fingerprint density at radius 3 is 2.38 bits per heavy atom. The molecule has 0 aliphatic carbocycles. The summed E-state index contributed by atoms with van der Waals surface area (Å²) in [4.78, 5) is 0. The highest BCUT2D eigenvalue weighted by Crippen LogP contribution is 1.92. The quantitative estimate of drug-likeness (QED) is 0.448. The Morgan fingerprint density at radius 1 is 1.38 bits per heavy atom. The van der Waals surface area contributed by atoms with Gasteiger partial charge >= 0.3 is 0 Å². The Hall–Kier alpha value is -0.120. The van der Waals surface area contributed by atoms with Gasteiger partial charge in [-0.05, 0) is 19.4 Å². The molecule has 0 aliphatic rings. The molecule has 0 saturated carbocycles. The molecule has 0 bridgehead atoms. The Bertz CT molecular complexity index is 43.7. The topological polar surface area (TPSA) is 66.5 Å². The summed E-state index contributed by atoms with van der Waals surface area (Å²) in [6, 6.07) is 0. The predicted octanol–water partition coefficient (Wildman–Crippen LogP) is -0.922. The minimum Gasteiger partial charge on any atom is -0.396 e. The van der Waals surface area contributed by atoms with E-state index in [4.69, 9.17) is 15.9 Å². The van der Waals surface area contributed by atoms with Gasteiger partial charge in [0.25, 0.3) is 0 Å². The number of hydrogen-bond donors (Lipinski definition) is 3. The molecule has 0 heterocycles. The van der Waals surface area contributed by atoms with Gasteiger partial charge in [-0.15, -0.1) is 0 Å². The summed E-state index contributed by atoms with van der Waals surface area (Å²) in [5.41, 5.74) is 5.12. The van der Waals surface area contributed by atoms with Gasteiger partial charge in [0, 0.05) is 6.61 Å². The Balaban J connectivity index is 2.92. The van der Waals surface area contributed by atoms with Gasteiger partial charge in [0.05, 0.1) is 6.10 Å². The molecule has 0 fully saturated rings. The fourth-order valence-electron chi connectivity index (χ4n) is 0.486. The van der Waals surface area contributed by atoms with Crippen LogP contribution in [0.2, 0.25) is 0 Å². The van der Waals surface area contributed by atoms with E-state index >= 15 is 0 Å². The molecule has 0 aromatic heterocycles. The third-order valence-electron chi connectivity index (χ3n) is 0.962. The smallest absolute Gasteiger partial charge is 0.0574 e. The van der Waals surface area contributed by atoms with Crippen LogP contribution < -0.4 is 5.73 Å². The summed E-state index contributed by atoms with van der Waals surface area (Å²) >= 11 is 0. The Labute approximate surface area is 49.1 Å². The molecule has 3 nitrogen and oxygen atoms in total. The van der Waals surface area contributed by atoms with Crippen LogP contribution >= 0.6 is 0 Å². The van der Waals surface area contributed by atoms with Crippen LogP contribution in [0, 0.1) is 0 Å². The van der Waals surface area contributed by atoms with Gasteiger partial charge in [-0.2, -0.15) is 0 Å². The first-order chi connectivity index (χ1) is 3.81. The molecule has 0 radical (unpaired) electrons. The van der Waals surface area contributed by atoms with Crippen LogP contribution in [0.4, 0.5) is 0 Å². The molecule has 50 valence electrons.